The summed E-state index contributed by atoms with van der Waals surface area (Å²) in [5.41, 5.74) is 7.55. The fraction of sp³-hybridized carbons (Fsp3) is 0.455. The van der Waals surface area contributed by atoms with E-state index in [4.69, 9.17) is 15.2 Å². The Hall–Kier alpha value is -0.690. The SMILES string of the molecule is COc1cc(I)cc(NC[C@@H]2CCO2)c1N. The van der Waals surface area contributed by atoms with E-state index in [1.165, 1.54) is 0 Å². The molecule has 1 heterocycles. The van der Waals surface area contributed by atoms with E-state index in [0.29, 0.717) is 17.5 Å². The van der Waals surface area contributed by atoms with Crippen LogP contribution in [0.5, 0.6) is 5.75 Å². The number of hydrogen-bond donors (Lipinski definition) is 2. The summed E-state index contributed by atoms with van der Waals surface area (Å²) >= 11 is 2.24. The molecule has 0 unspecified atom stereocenters. The molecule has 1 atom stereocenters. The van der Waals surface area contributed by atoms with Crippen molar-refractivity contribution in [3.05, 3.63) is 15.7 Å². The third kappa shape index (κ3) is 2.52. The van der Waals surface area contributed by atoms with Crippen LogP contribution < -0.4 is 15.8 Å². The van der Waals surface area contributed by atoms with Gasteiger partial charge >= 0.3 is 0 Å². The highest BCUT2D eigenvalue weighted by Crippen LogP contribution is 2.32. The van der Waals surface area contributed by atoms with E-state index >= 15 is 0 Å². The van der Waals surface area contributed by atoms with Gasteiger partial charge in [0.15, 0.2) is 0 Å². The van der Waals surface area contributed by atoms with E-state index in [9.17, 15) is 0 Å². The summed E-state index contributed by atoms with van der Waals surface area (Å²) in [7, 11) is 1.63. The normalized spacial score (nSPS) is 19.0. The molecule has 0 radical (unpaired) electrons. The summed E-state index contributed by atoms with van der Waals surface area (Å²) in [4.78, 5) is 0. The molecular weight excluding hydrogens is 319 g/mol. The van der Waals surface area contributed by atoms with E-state index in [2.05, 4.69) is 27.9 Å². The second-order valence-electron chi connectivity index (χ2n) is 3.73. The van der Waals surface area contributed by atoms with Crippen LogP contribution in [0.3, 0.4) is 0 Å². The van der Waals surface area contributed by atoms with Gasteiger partial charge in [0, 0.05) is 16.7 Å². The van der Waals surface area contributed by atoms with Crippen LogP contribution in [-0.4, -0.2) is 26.4 Å². The maximum atomic E-state index is 5.98. The Morgan fingerprint density at radius 2 is 2.38 bits per heavy atom. The number of nitrogen functional groups attached to an aromatic ring is 1. The van der Waals surface area contributed by atoms with E-state index in [-0.39, 0.29) is 0 Å². The van der Waals surface area contributed by atoms with Crippen LogP contribution in [0.15, 0.2) is 12.1 Å². The van der Waals surface area contributed by atoms with Crippen molar-refractivity contribution < 1.29 is 9.47 Å². The Morgan fingerprint density at radius 3 is 2.94 bits per heavy atom. The highest BCUT2D eigenvalue weighted by Gasteiger charge is 2.18. The molecule has 1 fully saturated rings. The molecule has 1 aromatic rings. The fourth-order valence-corrected chi connectivity index (χ4v) is 2.17. The molecule has 5 heteroatoms. The highest BCUT2D eigenvalue weighted by molar-refractivity contribution is 14.1. The molecule has 3 N–H and O–H groups in total. The number of anilines is 2. The molecule has 1 aliphatic heterocycles. The molecule has 0 aliphatic carbocycles. The monoisotopic (exact) mass is 334 g/mol. The van der Waals surface area contributed by atoms with Crippen molar-refractivity contribution in [1.29, 1.82) is 0 Å². The molecule has 0 saturated carbocycles. The summed E-state index contributed by atoms with van der Waals surface area (Å²) in [6, 6.07) is 3.93. The Morgan fingerprint density at radius 1 is 1.62 bits per heavy atom. The quantitative estimate of drug-likeness (QED) is 0.654. The topological polar surface area (TPSA) is 56.5 Å². The van der Waals surface area contributed by atoms with Gasteiger partial charge in [0.2, 0.25) is 0 Å². The van der Waals surface area contributed by atoms with Crippen LogP contribution in [0.25, 0.3) is 0 Å². The van der Waals surface area contributed by atoms with Gasteiger partial charge in [-0.05, 0) is 41.1 Å². The van der Waals surface area contributed by atoms with Crippen molar-refractivity contribution in [1.82, 2.24) is 0 Å². The van der Waals surface area contributed by atoms with Crippen LogP contribution >= 0.6 is 22.6 Å². The van der Waals surface area contributed by atoms with Crippen molar-refractivity contribution in [2.45, 2.75) is 12.5 Å². The summed E-state index contributed by atoms with van der Waals surface area (Å²) in [6.45, 7) is 1.67. The highest BCUT2D eigenvalue weighted by atomic mass is 127. The summed E-state index contributed by atoms with van der Waals surface area (Å²) in [5.74, 6) is 0.712. The van der Waals surface area contributed by atoms with Gasteiger partial charge in [0.05, 0.1) is 24.6 Å². The number of rotatable bonds is 4. The second-order valence-corrected chi connectivity index (χ2v) is 4.98. The van der Waals surface area contributed by atoms with Gasteiger partial charge < -0.3 is 20.5 Å². The van der Waals surface area contributed by atoms with Gasteiger partial charge in [-0.2, -0.15) is 0 Å². The van der Waals surface area contributed by atoms with Crippen molar-refractivity contribution in [3.63, 3.8) is 0 Å². The van der Waals surface area contributed by atoms with Gasteiger partial charge in [-0.3, -0.25) is 0 Å². The number of hydrogen-bond acceptors (Lipinski definition) is 4. The number of ether oxygens (including phenoxy) is 2. The molecule has 88 valence electrons. The number of nitrogens with one attached hydrogen (secondary N) is 1. The lowest BCUT2D eigenvalue weighted by Gasteiger charge is -2.27. The van der Waals surface area contributed by atoms with Gasteiger partial charge in [-0.1, -0.05) is 0 Å². The maximum Gasteiger partial charge on any atom is 0.144 e. The van der Waals surface area contributed by atoms with Gasteiger partial charge in [-0.15, -0.1) is 0 Å². The average molecular weight is 334 g/mol. The molecule has 0 aromatic heterocycles. The smallest absolute Gasteiger partial charge is 0.144 e. The Balaban J connectivity index is 2.08. The minimum Gasteiger partial charge on any atom is -0.494 e. The molecule has 0 spiro atoms. The molecule has 1 saturated heterocycles. The molecular formula is C11H15IN2O2. The molecule has 16 heavy (non-hydrogen) atoms. The fourth-order valence-electron chi connectivity index (χ4n) is 1.58. The van der Waals surface area contributed by atoms with Crippen LogP contribution in [0.1, 0.15) is 6.42 Å². The van der Waals surface area contributed by atoms with E-state index in [1.54, 1.807) is 7.11 Å². The predicted octanol–water partition coefficient (Wildman–Crippen LogP) is 2.08. The number of halogens is 1. The average Bonchev–Trinajstić information content (AvgIpc) is 2.20. The van der Waals surface area contributed by atoms with Gasteiger partial charge in [0.1, 0.15) is 5.75 Å². The minimum absolute atomic E-state index is 0.322. The zero-order valence-electron chi connectivity index (χ0n) is 9.13. The minimum atomic E-state index is 0.322. The lowest BCUT2D eigenvalue weighted by molar-refractivity contribution is -0.0410. The summed E-state index contributed by atoms with van der Waals surface area (Å²) < 4.78 is 11.7. The van der Waals surface area contributed by atoms with Crippen LogP contribution in [0.4, 0.5) is 11.4 Å². The van der Waals surface area contributed by atoms with Crippen molar-refractivity contribution >= 4 is 34.0 Å². The van der Waals surface area contributed by atoms with Crippen LogP contribution in [0, 0.1) is 3.57 Å². The molecule has 4 nitrogen and oxygen atoms in total. The third-order valence-electron chi connectivity index (χ3n) is 2.64. The largest absolute Gasteiger partial charge is 0.494 e. The molecule has 0 bridgehead atoms. The van der Waals surface area contributed by atoms with E-state index in [1.807, 2.05) is 12.1 Å². The van der Waals surface area contributed by atoms with Crippen LogP contribution in [-0.2, 0) is 4.74 Å². The van der Waals surface area contributed by atoms with Gasteiger partial charge in [0.25, 0.3) is 0 Å². The van der Waals surface area contributed by atoms with Gasteiger partial charge in [-0.25, -0.2) is 0 Å². The van der Waals surface area contributed by atoms with Crippen molar-refractivity contribution in [2.24, 2.45) is 0 Å². The van der Waals surface area contributed by atoms with E-state index in [0.717, 1.165) is 28.8 Å². The van der Waals surface area contributed by atoms with Crippen molar-refractivity contribution in [2.75, 3.05) is 31.3 Å². The first kappa shape index (κ1) is 11.8. The number of nitrogens with two attached hydrogens (primary N) is 1. The third-order valence-corrected chi connectivity index (χ3v) is 3.26. The van der Waals surface area contributed by atoms with Crippen LogP contribution in [0.2, 0.25) is 0 Å². The molecule has 0 amide bonds. The Labute approximate surface area is 109 Å². The predicted molar refractivity (Wildman–Crippen MR) is 73.0 cm³/mol. The lowest BCUT2D eigenvalue weighted by atomic mass is 10.2. The van der Waals surface area contributed by atoms with Crippen molar-refractivity contribution in [3.8, 4) is 5.75 Å². The first-order valence-corrected chi connectivity index (χ1v) is 6.27. The zero-order chi connectivity index (χ0) is 11.5. The Bertz CT molecular complexity index is 380. The second kappa shape index (κ2) is 5.09. The summed E-state index contributed by atoms with van der Waals surface area (Å²) in [5, 5.41) is 3.30. The maximum absolute atomic E-state index is 5.98. The summed E-state index contributed by atoms with van der Waals surface area (Å²) in [6.07, 6.45) is 1.44. The van der Waals surface area contributed by atoms with E-state index < -0.39 is 0 Å². The standard InChI is InChI=1S/C11H15IN2O2/c1-15-10-5-7(12)4-9(11(10)13)14-6-8-2-3-16-8/h4-5,8,14H,2-3,6,13H2,1H3/t8-/m0/s1. The molecule has 1 aromatic carbocycles. The molecule has 2 rings (SSSR count). The first-order chi connectivity index (χ1) is 7.70. The lowest BCUT2D eigenvalue weighted by Crippen LogP contribution is -2.33. The number of methoxy groups -OCH3 is 1. The zero-order valence-corrected chi connectivity index (χ0v) is 11.3. The first-order valence-electron chi connectivity index (χ1n) is 5.19. The Kier molecular flexibility index (Phi) is 3.75. The molecule has 1 aliphatic rings. The number of benzene rings is 1.